The largest absolute Gasteiger partial charge is 0.391 e. The zero-order chi connectivity index (χ0) is 11.9. The molecule has 0 radical (unpaired) electrons. The number of aromatic nitrogens is 2. The van der Waals surface area contributed by atoms with Gasteiger partial charge in [0.2, 0.25) is 0 Å². The Kier molecular flexibility index (Phi) is 2.98. The molecule has 0 aliphatic heterocycles. The predicted molar refractivity (Wildman–Crippen MR) is 58.9 cm³/mol. The summed E-state index contributed by atoms with van der Waals surface area (Å²) < 4.78 is 24.0. The summed E-state index contributed by atoms with van der Waals surface area (Å²) in [7, 11) is 1.52. The number of rotatable bonds is 2. The van der Waals surface area contributed by atoms with Crippen LogP contribution in [0, 0.1) is 6.92 Å². The smallest absolute Gasteiger partial charge is 0.264 e. The third-order valence-electron chi connectivity index (χ3n) is 3.02. The Labute approximate surface area is 98.4 Å². The first-order valence-electron chi connectivity index (χ1n) is 5.08. The molecule has 0 bridgehead atoms. The molecular weight excluding hydrogens is 252 g/mol. The maximum absolute atomic E-state index is 11.2. The van der Waals surface area contributed by atoms with E-state index in [1.54, 1.807) is 11.6 Å². The molecular formula is C9H13ClN2O3S. The van der Waals surface area contributed by atoms with Crippen LogP contribution in [0.25, 0.3) is 0 Å². The predicted octanol–water partition coefficient (Wildman–Crippen LogP) is 1.20. The lowest BCUT2D eigenvalue weighted by atomic mass is 10.2. The van der Waals surface area contributed by atoms with Gasteiger partial charge >= 0.3 is 0 Å². The second-order valence-electron chi connectivity index (χ2n) is 4.04. The highest BCUT2D eigenvalue weighted by Gasteiger charge is 2.30. The maximum Gasteiger partial charge on any atom is 0.264 e. The molecule has 5 nitrogen and oxygen atoms in total. The molecule has 0 aromatic carbocycles. The van der Waals surface area contributed by atoms with Crippen molar-refractivity contribution < 1.29 is 13.5 Å². The van der Waals surface area contributed by atoms with E-state index >= 15 is 0 Å². The molecule has 2 atom stereocenters. The van der Waals surface area contributed by atoms with Gasteiger partial charge in [0.25, 0.3) is 9.05 Å². The summed E-state index contributed by atoms with van der Waals surface area (Å²) in [6.07, 6.45) is 3.25. The minimum absolute atomic E-state index is 0.0215. The SMILES string of the molecule is Cc1c(S(=O)(=O)Cl)cnn1C1CCCC1O. The number of aliphatic hydroxyl groups excluding tert-OH is 1. The van der Waals surface area contributed by atoms with Crippen LogP contribution < -0.4 is 0 Å². The van der Waals surface area contributed by atoms with Crippen molar-refractivity contribution in [3.8, 4) is 0 Å². The molecule has 1 aromatic rings. The Balaban J connectivity index is 2.41. The number of hydrogen-bond acceptors (Lipinski definition) is 4. The molecule has 1 aromatic heterocycles. The van der Waals surface area contributed by atoms with E-state index in [1.807, 2.05) is 0 Å². The van der Waals surface area contributed by atoms with Crippen molar-refractivity contribution in [1.29, 1.82) is 0 Å². The summed E-state index contributed by atoms with van der Waals surface area (Å²) >= 11 is 0. The highest BCUT2D eigenvalue weighted by molar-refractivity contribution is 8.13. The first kappa shape index (κ1) is 11.9. The fraction of sp³-hybridized carbons (Fsp3) is 0.667. The second kappa shape index (κ2) is 4.01. The standard InChI is InChI=1S/C9H13ClN2O3S/c1-6-9(16(10,14)15)5-11-12(6)7-3-2-4-8(7)13/h5,7-8,13H,2-4H2,1H3. The number of hydrogen-bond donors (Lipinski definition) is 1. The Bertz CT molecular complexity index is 497. The normalized spacial score (nSPS) is 26.2. The lowest BCUT2D eigenvalue weighted by Crippen LogP contribution is -2.20. The van der Waals surface area contributed by atoms with Crippen molar-refractivity contribution in [2.75, 3.05) is 0 Å². The molecule has 0 amide bonds. The number of aliphatic hydroxyl groups is 1. The monoisotopic (exact) mass is 264 g/mol. The van der Waals surface area contributed by atoms with E-state index in [4.69, 9.17) is 10.7 Å². The third-order valence-corrected chi connectivity index (χ3v) is 4.45. The van der Waals surface area contributed by atoms with E-state index in [2.05, 4.69) is 5.10 Å². The molecule has 16 heavy (non-hydrogen) atoms. The van der Waals surface area contributed by atoms with E-state index in [1.165, 1.54) is 6.20 Å². The van der Waals surface area contributed by atoms with E-state index in [-0.39, 0.29) is 10.9 Å². The molecule has 1 fully saturated rings. The summed E-state index contributed by atoms with van der Waals surface area (Å²) in [5.41, 5.74) is 0.487. The minimum Gasteiger partial charge on any atom is -0.391 e. The van der Waals surface area contributed by atoms with Gasteiger partial charge in [-0.3, -0.25) is 4.68 Å². The summed E-state index contributed by atoms with van der Waals surface area (Å²) in [6, 6.07) is -0.132. The van der Waals surface area contributed by atoms with Crippen LogP contribution in [0.4, 0.5) is 0 Å². The van der Waals surface area contributed by atoms with E-state index in [0.717, 1.165) is 19.3 Å². The zero-order valence-corrected chi connectivity index (χ0v) is 10.4. The van der Waals surface area contributed by atoms with Gasteiger partial charge in [-0.15, -0.1) is 0 Å². The fourth-order valence-electron chi connectivity index (χ4n) is 2.19. The minimum atomic E-state index is -3.75. The molecule has 2 rings (SSSR count). The lowest BCUT2D eigenvalue weighted by molar-refractivity contribution is 0.129. The summed E-state index contributed by atoms with van der Waals surface area (Å²) in [5.74, 6) is 0. The van der Waals surface area contributed by atoms with Crippen LogP contribution >= 0.6 is 10.7 Å². The Morgan fingerprint density at radius 2 is 2.25 bits per heavy atom. The molecule has 1 saturated carbocycles. The van der Waals surface area contributed by atoms with Crippen LogP contribution in [0.15, 0.2) is 11.1 Å². The topological polar surface area (TPSA) is 72.2 Å². The first-order chi connectivity index (χ1) is 7.41. The molecule has 1 aliphatic carbocycles. The van der Waals surface area contributed by atoms with Crippen LogP contribution in [0.1, 0.15) is 31.0 Å². The van der Waals surface area contributed by atoms with Gasteiger partial charge in [-0.05, 0) is 26.2 Å². The van der Waals surface area contributed by atoms with Crippen molar-refractivity contribution in [3.05, 3.63) is 11.9 Å². The van der Waals surface area contributed by atoms with Gasteiger partial charge in [0, 0.05) is 10.7 Å². The summed E-state index contributed by atoms with van der Waals surface area (Å²) in [5, 5.41) is 13.7. The van der Waals surface area contributed by atoms with Crippen LogP contribution in [0.5, 0.6) is 0 Å². The Hall–Kier alpha value is -0.590. The molecule has 1 heterocycles. The zero-order valence-electron chi connectivity index (χ0n) is 8.80. The highest BCUT2D eigenvalue weighted by atomic mass is 35.7. The van der Waals surface area contributed by atoms with Crippen molar-refractivity contribution in [3.63, 3.8) is 0 Å². The Morgan fingerprint density at radius 1 is 1.56 bits per heavy atom. The van der Waals surface area contributed by atoms with E-state index < -0.39 is 15.2 Å². The van der Waals surface area contributed by atoms with E-state index in [9.17, 15) is 13.5 Å². The van der Waals surface area contributed by atoms with Crippen molar-refractivity contribution in [1.82, 2.24) is 9.78 Å². The first-order valence-corrected chi connectivity index (χ1v) is 7.39. The lowest BCUT2D eigenvalue weighted by Gasteiger charge is -2.16. The highest BCUT2D eigenvalue weighted by Crippen LogP contribution is 2.32. The van der Waals surface area contributed by atoms with Gasteiger partial charge in [0.05, 0.1) is 24.0 Å². The second-order valence-corrected chi connectivity index (χ2v) is 6.58. The number of nitrogens with zero attached hydrogens (tertiary/aromatic N) is 2. The molecule has 1 N–H and O–H groups in total. The molecule has 2 unspecified atom stereocenters. The van der Waals surface area contributed by atoms with Gasteiger partial charge in [-0.2, -0.15) is 5.10 Å². The van der Waals surface area contributed by atoms with Crippen LogP contribution in [-0.2, 0) is 9.05 Å². The van der Waals surface area contributed by atoms with Crippen LogP contribution in [0.3, 0.4) is 0 Å². The molecule has 90 valence electrons. The quantitative estimate of drug-likeness (QED) is 0.815. The van der Waals surface area contributed by atoms with Crippen molar-refractivity contribution in [2.45, 2.75) is 43.2 Å². The average molecular weight is 265 g/mol. The third kappa shape index (κ3) is 1.97. The van der Waals surface area contributed by atoms with Gasteiger partial charge in [-0.1, -0.05) is 0 Å². The van der Waals surface area contributed by atoms with Gasteiger partial charge in [0.15, 0.2) is 0 Å². The van der Waals surface area contributed by atoms with Crippen LogP contribution in [0.2, 0.25) is 0 Å². The average Bonchev–Trinajstić information content (AvgIpc) is 2.70. The fourth-order valence-corrected chi connectivity index (χ4v) is 3.26. The van der Waals surface area contributed by atoms with Gasteiger partial charge in [0.1, 0.15) is 4.90 Å². The molecule has 0 spiro atoms. The van der Waals surface area contributed by atoms with Crippen LogP contribution in [-0.4, -0.2) is 29.4 Å². The van der Waals surface area contributed by atoms with Crippen molar-refractivity contribution in [2.24, 2.45) is 0 Å². The van der Waals surface area contributed by atoms with Gasteiger partial charge in [-0.25, -0.2) is 8.42 Å². The Morgan fingerprint density at radius 3 is 2.69 bits per heavy atom. The van der Waals surface area contributed by atoms with Gasteiger partial charge < -0.3 is 5.11 Å². The molecule has 1 aliphatic rings. The summed E-state index contributed by atoms with van der Waals surface area (Å²) in [4.78, 5) is 0.0215. The molecule has 0 saturated heterocycles. The number of halogens is 1. The maximum atomic E-state index is 11.2. The van der Waals surface area contributed by atoms with Crippen molar-refractivity contribution >= 4 is 19.7 Å². The molecule has 7 heteroatoms. The summed E-state index contributed by atoms with van der Waals surface area (Å²) in [6.45, 7) is 1.65. The van der Waals surface area contributed by atoms with E-state index in [0.29, 0.717) is 5.69 Å².